The Morgan fingerprint density at radius 2 is 2.23 bits per heavy atom. The smallest absolute Gasteiger partial charge is 0.132 e. The normalized spacial score (nSPS) is 10.2. The van der Waals surface area contributed by atoms with E-state index in [1.807, 2.05) is 12.1 Å². The highest BCUT2D eigenvalue weighted by Crippen LogP contribution is 2.31. The predicted octanol–water partition coefficient (Wildman–Crippen LogP) is 2.70. The summed E-state index contributed by atoms with van der Waals surface area (Å²) in [7, 11) is 0. The number of anilines is 1. The molecule has 0 fully saturated rings. The summed E-state index contributed by atoms with van der Waals surface area (Å²) in [5.41, 5.74) is 8.07. The number of hydrogen-bond donors (Lipinski definition) is 1. The van der Waals surface area contributed by atoms with Crippen molar-refractivity contribution in [1.29, 1.82) is 0 Å². The van der Waals surface area contributed by atoms with Crippen molar-refractivity contribution in [3.8, 4) is 10.4 Å². The van der Waals surface area contributed by atoms with Gasteiger partial charge in [-0.25, -0.2) is 4.98 Å². The molecule has 0 spiro atoms. The zero-order valence-electron chi connectivity index (χ0n) is 7.32. The Kier molecular flexibility index (Phi) is 2.02. The Balaban J connectivity index is 2.59. The summed E-state index contributed by atoms with van der Waals surface area (Å²) in [6, 6.07) is 6.00. The zero-order chi connectivity index (χ0) is 9.26. The standard InChI is InChI=1S/C10H10N2S/c1-7-4-6-13-9(7)8-3-2-5-12-10(8)11/h2-6H,1H3,(H2,11,12). The van der Waals surface area contributed by atoms with E-state index >= 15 is 0 Å². The lowest BCUT2D eigenvalue weighted by molar-refractivity contribution is 1.34. The van der Waals surface area contributed by atoms with Crippen molar-refractivity contribution >= 4 is 17.2 Å². The molecule has 0 saturated heterocycles. The summed E-state index contributed by atoms with van der Waals surface area (Å²) in [4.78, 5) is 5.27. The van der Waals surface area contributed by atoms with E-state index in [-0.39, 0.29) is 0 Å². The number of nitrogens with zero attached hydrogens (tertiary/aromatic N) is 1. The molecular formula is C10H10N2S. The lowest BCUT2D eigenvalue weighted by Gasteiger charge is -2.02. The van der Waals surface area contributed by atoms with Crippen LogP contribution in [0.1, 0.15) is 5.56 Å². The van der Waals surface area contributed by atoms with Crippen LogP contribution in [0.5, 0.6) is 0 Å². The second kappa shape index (κ2) is 3.18. The number of thiophene rings is 1. The van der Waals surface area contributed by atoms with E-state index < -0.39 is 0 Å². The second-order valence-electron chi connectivity index (χ2n) is 2.87. The minimum Gasteiger partial charge on any atom is -0.383 e. The van der Waals surface area contributed by atoms with E-state index in [4.69, 9.17) is 5.73 Å². The van der Waals surface area contributed by atoms with Crippen LogP contribution in [0, 0.1) is 6.92 Å². The molecule has 2 heterocycles. The second-order valence-corrected chi connectivity index (χ2v) is 3.79. The van der Waals surface area contributed by atoms with Gasteiger partial charge in [0.05, 0.1) is 0 Å². The van der Waals surface area contributed by atoms with Crippen molar-refractivity contribution in [2.24, 2.45) is 0 Å². The Labute approximate surface area is 81.1 Å². The molecule has 0 saturated carbocycles. The Bertz CT molecular complexity index is 420. The summed E-state index contributed by atoms with van der Waals surface area (Å²) < 4.78 is 0. The van der Waals surface area contributed by atoms with Gasteiger partial charge in [-0.2, -0.15) is 0 Å². The number of rotatable bonds is 1. The molecule has 0 aromatic carbocycles. The molecule has 2 rings (SSSR count). The summed E-state index contributed by atoms with van der Waals surface area (Å²) in [5, 5.41) is 2.07. The SMILES string of the molecule is Cc1ccsc1-c1cccnc1N. The third-order valence-corrected chi connectivity index (χ3v) is 3.00. The minimum atomic E-state index is 0.605. The third-order valence-electron chi connectivity index (χ3n) is 1.95. The number of nitrogen functional groups attached to an aromatic ring is 1. The Morgan fingerprint density at radius 1 is 1.38 bits per heavy atom. The van der Waals surface area contributed by atoms with Crippen molar-refractivity contribution in [3.05, 3.63) is 35.3 Å². The largest absolute Gasteiger partial charge is 0.383 e. The van der Waals surface area contributed by atoms with E-state index in [0.29, 0.717) is 5.82 Å². The van der Waals surface area contributed by atoms with Crippen molar-refractivity contribution in [3.63, 3.8) is 0 Å². The van der Waals surface area contributed by atoms with Gasteiger partial charge in [-0.05, 0) is 36.1 Å². The molecule has 0 aliphatic carbocycles. The lowest BCUT2D eigenvalue weighted by atomic mass is 10.1. The summed E-state index contributed by atoms with van der Waals surface area (Å²) in [6.07, 6.45) is 1.71. The van der Waals surface area contributed by atoms with E-state index in [1.54, 1.807) is 17.5 Å². The Hall–Kier alpha value is -1.35. The minimum absolute atomic E-state index is 0.605. The van der Waals surface area contributed by atoms with Crippen LogP contribution in [0.3, 0.4) is 0 Å². The molecule has 0 aliphatic rings. The van der Waals surface area contributed by atoms with Crippen LogP contribution >= 0.6 is 11.3 Å². The van der Waals surface area contributed by atoms with Gasteiger partial charge in [0.2, 0.25) is 0 Å². The number of hydrogen-bond acceptors (Lipinski definition) is 3. The van der Waals surface area contributed by atoms with Gasteiger partial charge < -0.3 is 5.73 Å². The molecule has 2 N–H and O–H groups in total. The number of pyridine rings is 1. The van der Waals surface area contributed by atoms with Gasteiger partial charge in [-0.15, -0.1) is 11.3 Å². The van der Waals surface area contributed by atoms with E-state index in [9.17, 15) is 0 Å². The molecule has 0 radical (unpaired) electrons. The fourth-order valence-electron chi connectivity index (χ4n) is 1.26. The quantitative estimate of drug-likeness (QED) is 0.751. The first-order valence-electron chi connectivity index (χ1n) is 4.04. The molecule has 2 aromatic heterocycles. The van der Waals surface area contributed by atoms with Gasteiger partial charge in [0, 0.05) is 16.6 Å². The van der Waals surface area contributed by atoms with Crippen LogP contribution in [-0.4, -0.2) is 4.98 Å². The average Bonchev–Trinajstić information content (AvgIpc) is 2.52. The number of aromatic nitrogens is 1. The first-order valence-corrected chi connectivity index (χ1v) is 4.92. The van der Waals surface area contributed by atoms with Gasteiger partial charge in [0.25, 0.3) is 0 Å². The van der Waals surface area contributed by atoms with E-state index in [2.05, 4.69) is 23.4 Å². The first kappa shape index (κ1) is 8.26. The lowest BCUT2D eigenvalue weighted by Crippen LogP contribution is -1.92. The van der Waals surface area contributed by atoms with Gasteiger partial charge in [0.15, 0.2) is 0 Å². The maximum atomic E-state index is 5.78. The van der Waals surface area contributed by atoms with Gasteiger partial charge in [-0.3, -0.25) is 0 Å². The average molecular weight is 190 g/mol. The fourth-order valence-corrected chi connectivity index (χ4v) is 2.22. The Morgan fingerprint density at radius 3 is 2.85 bits per heavy atom. The maximum Gasteiger partial charge on any atom is 0.132 e. The summed E-state index contributed by atoms with van der Waals surface area (Å²) in [5.74, 6) is 0.605. The van der Waals surface area contributed by atoms with Crippen molar-refractivity contribution in [2.75, 3.05) is 5.73 Å². The summed E-state index contributed by atoms with van der Waals surface area (Å²) in [6.45, 7) is 2.08. The number of aryl methyl sites for hydroxylation is 1. The fraction of sp³-hybridized carbons (Fsp3) is 0.100. The highest BCUT2D eigenvalue weighted by Gasteiger charge is 2.06. The van der Waals surface area contributed by atoms with Gasteiger partial charge in [0.1, 0.15) is 5.82 Å². The van der Waals surface area contributed by atoms with Gasteiger partial charge in [-0.1, -0.05) is 0 Å². The van der Waals surface area contributed by atoms with E-state index in [0.717, 1.165) is 5.56 Å². The zero-order valence-corrected chi connectivity index (χ0v) is 8.14. The van der Waals surface area contributed by atoms with Crippen molar-refractivity contribution in [2.45, 2.75) is 6.92 Å². The monoisotopic (exact) mass is 190 g/mol. The van der Waals surface area contributed by atoms with E-state index in [1.165, 1.54) is 10.4 Å². The highest BCUT2D eigenvalue weighted by atomic mass is 32.1. The molecule has 0 amide bonds. The van der Waals surface area contributed by atoms with Gasteiger partial charge >= 0.3 is 0 Å². The van der Waals surface area contributed by atoms with Crippen LogP contribution < -0.4 is 5.73 Å². The van der Waals surface area contributed by atoms with Crippen LogP contribution in [0.25, 0.3) is 10.4 Å². The van der Waals surface area contributed by atoms with Crippen LogP contribution in [0.15, 0.2) is 29.8 Å². The molecule has 0 aliphatic heterocycles. The summed E-state index contributed by atoms with van der Waals surface area (Å²) >= 11 is 1.70. The molecule has 0 atom stereocenters. The first-order chi connectivity index (χ1) is 6.29. The molecule has 3 heteroatoms. The third kappa shape index (κ3) is 1.42. The molecule has 2 aromatic rings. The van der Waals surface area contributed by atoms with Crippen LogP contribution in [0.2, 0.25) is 0 Å². The molecule has 66 valence electrons. The maximum absolute atomic E-state index is 5.78. The van der Waals surface area contributed by atoms with Crippen molar-refractivity contribution in [1.82, 2.24) is 4.98 Å². The highest BCUT2D eigenvalue weighted by molar-refractivity contribution is 7.13. The molecule has 0 bridgehead atoms. The molecular weight excluding hydrogens is 180 g/mol. The van der Waals surface area contributed by atoms with Crippen molar-refractivity contribution < 1.29 is 0 Å². The predicted molar refractivity (Wildman–Crippen MR) is 56.7 cm³/mol. The van der Waals surface area contributed by atoms with Crippen LogP contribution in [-0.2, 0) is 0 Å². The molecule has 0 unspecified atom stereocenters. The molecule has 13 heavy (non-hydrogen) atoms. The molecule has 2 nitrogen and oxygen atoms in total. The topological polar surface area (TPSA) is 38.9 Å². The number of nitrogens with two attached hydrogens (primary N) is 1. The van der Waals surface area contributed by atoms with Crippen LogP contribution in [0.4, 0.5) is 5.82 Å².